The van der Waals surface area contributed by atoms with Crippen molar-refractivity contribution in [2.45, 2.75) is 46.1 Å². The highest BCUT2D eigenvalue weighted by molar-refractivity contribution is 7.10. The molecule has 0 bridgehead atoms. The summed E-state index contributed by atoms with van der Waals surface area (Å²) in [5.74, 6) is 0.761. The quantitative estimate of drug-likeness (QED) is 0.879. The summed E-state index contributed by atoms with van der Waals surface area (Å²) in [5.41, 5.74) is 0.653. The summed E-state index contributed by atoms with van der Waals surface area (Å²) in [7, 11) is 0. The van der Waals surface area contributed by atoms with Crippen LogP contribution in [0, 0.1) is 6.92 Å². The minimum absolute atomic E-state index is 0.0436. The van der Waals surface area contributed by atoms with E-state index < -0.39 is 0 Å². The summed E-state index contributed by atoms with van der Waals surface area (Å²) in [6, 6.07) is 4.10. The molecular formula is C15H20N2O2S. The number of carbonyl (C=O) groups is 1. The number of rotatable bonds is 6. The van der Waals surface area contributed by atoms with E-state index in [0.29, 0.717) is 23.8 Å². The molecule has 5 heteroatoms. The highest BCUT2D eigenvalue weighted by Crippen LogP contribution is 2.24. The molecule has 1 atom stereocenters. The third-order valence-corrected chi connectivity index (χ3v) is 4.10. The fourth-order valence-corrected chi connectivity index (χ4v) is 2.91. The fraction of sp³-hybridized carbons (Fsp3) is 0.467. The first-order valence-corrected chi connectivity index (χ1v) is 7.84. The van der Waals surface area contributed by atoms with E-state index in [4.69, 9.17) is 4.42 Å². The molecule has 0 saturated carbocycles. The number of nitrogens with one attached hydrogen (secondary N) is 1. The summed E-state index contributed by atoms with van der Waals surface area (Å²) >= 11 is 1.66. The molecule has 2 heterocycles. The molecule has 1 N–H and O–H groups in total. The normalized spacial score (nSPS) is 12.3. The maximum atomic E-state index is 12.3. The topological polar surface area (TPSA) is 55.1 Å². The number of nitrogens with zero attached hydrogens (tertiary/aromatic N) is 1. The van der Waals surface area contributed by atoms with Crippen LogP contribution < -0.4 is 5.32 Å². The Morgan fingerprint density at radius 1 is 1.50 bits per heavy atom. The zero-order valence-corrected chi connectivity index (χ0v) is 12.9. The molecule has 0 aliphatic rings. The lowest BCUT2D eigenvalue weighted by atomic mass is 10.1. The molecule has 1 unspecified atom stereocenters. The molecule has 20 heavy (non-hydrogen) atoms. The van der Waals surface area contributed by atoms with Crippen LogP contribution in [-0.2, 0) is 6.42 Å². The Bertz CT molecular complexity index is 560. The van der Waals surface area contributed by atoms with Gasteiger partial charge in [-0.25, -0.2) is 4.98 Å². The third kappa shape index (κ3) is 3.28. The first kappa shape index (κ1) is 14.8. The van der Waals surface area contributed by atoms with Gasteiger partial charge in [0.1, 0.15) is 0 Å². The molecule has 108 valence electrons. The average molecular weight is 292 g/mol. The van der Waals surface area contributed by atoms with Crippen molar-refractivity contribution in [3.05, 3.63) is 39.7 Å². The van der Waals surface area contributed by atoms with Crippen LogP contribution in [0.15, 0.2) is 21.9 Å². The van der Waals surface area contributed by atoms with Gasteiger partial charge in [-0.1, -0.05) is 26.3 Å². The molecular weight excluding hydrogens is 272 g/mol. The Kier molecular flexibility index (Phi) is 4.95. The van der Waals surface area contributed by atoms with E-state index in [1.807, 2.05) is 18.4 Å². The fourth-order valence-electron chi connectivity index (χ4n) is 2.10. The largest absolute Gasteiger partial charge is 0.435 e. The molecule has 1 amide bonds. The number of aromatic nitrogens is 1. The number of hydrogen-bond donors (Lipinski definition) is 1. The van der Waals surface area contributed by atoms with Crippen molar-refractivity contribution < 1.29 is 9.21 Å². The summed E-state index contributed by atoms with van der Waals surface area (Å²) in [5, 5.41) is 5.08. The number of amides is 1. The van der Waals surface area contributed by atoms with Gasteiger partial charge in [-0.15, -0.1) is 11.3 Å². The van der Waals surface area contributed by atoms with Crippen molar-refractivity contribution in [2.75, 3.05) is 0 Å². The molecule has 0 radical (unpaired) electrons. The molecule has 4 nitrogen and oxygen atoms in total. The second-order valence-corrected chi connectivity index (χ2v) is 5.69. The maximum Gasteiger partial charge on any atom is 0.289 e. The van der Waals surface area contributed by atoms with E-state index in [9.17, 15) is 4.79 Å². The summed E-state index contributed by atoms with van der Waals surface area (Å²) in [4.78, 5) is 17.8. The monoisotopic (exact) mass is 292 g/mol. The van der Waals surface area contributed by atoms with Gasteiger partial charge in [0.2, 0.25) is 5.76 Å². The van der Waals surface area contributed by atoms with Crippen molar-refractivity contribution in [3.63, 3.8) is 0 Å². The average Bonchev–Trinajstić information content (AvgIpc) is 3.07. The first-order chi connectivity index (χ1) is 9.65. The number of carbonyl (C=O) groups excluding carboxylic acids is 1. The van der Waals surface area contributed by atoms with E-state index in [2.05, 4.69) is 23.3 Å². The van der Waals surface area contributed by atoms with Gasteiger partial charge in [0.05, 0.1) is 11.7 Å². The van der Waals surface area contributed by atoms with Crippen molar-refractivity contribution in [3.8, 4) is 0 Å². The molecule has 2 aromatic heterocycles. The lowest BCUT2D eigenvalue weighted by molar-refractivity contribution is 0.0904. The SMILES string of the molecule is CCCC(NC(=O)c1oc(CC)nc1C)c1cccs1. The van der Waals surface area contributed by atoms with Gasteiger partial charge in [-0.05, 0) is 24.8 Å². The summed E-state index contributed by atoms with van der Waals surface area (Å²) < 4.78 is 5.50. The standard InChI is InChI=1S/C15H20N2O2S/c1-4-7-11(12-8-6-9-20-12)17-15(18)14-10(3)16-13(5-2)19-14/h6,8-9,11H,4-5,7H2,1-3H3,(H,17,18). The lowest BCUT2D eigenvalue weighted by Gasteiger charge is -2.15. The van der Waals surface area contributed by atoms with Gasteiger partial charge in [-0.3, -0.25) is 4.79 Å². The zero-order valence-electron chi connectivity index (χ0n) is 12.1. The predicted octanol–water partition coefficient (Wildman–Crippen LogP) is 3.88. The number of thiophene rings is 1. The van der Waals surface area contributed by atoms with Crippen LogP contribution in [0.4, 0.5) is 0 Å². The Morgan fingerprint density at radius 3 is 2.85 bits per heavy atom. The molecule has 2 aromatic rings. The lowest BCUT2D eigenvalue weighted by Crippen LogP contribution is -2.28. The van der Waals surface area contributed by atoms with Crippen LogP contribution in [0.25, 0.3) is 0 Å². The summed E-state index contributed by atoms with van der Waals surface area (Å²) in [6.45, 7) is 5.87. The highest BCUT2D eigenvalue weighted by Gasteiger charge is 2.21. The molecule has 0 aliphatic heterocycles. The van der Waals surface area contributed by atoms with Crippen molar-refractivity contribution in [1.29, 1.82) is 0 Å². The number of aryl methyl sites for hydroxylation is 2. The molecule has 2 rings (SSSR count). The molecule has 0 saturated heterocycles. The molecule has 0 fully saturated rings. The van der Waals surface area contributed by atoms with E-state index in [0.717, 1.165) is 12.8 Å². The van der Waals surface area contributed by atoms with Crippen molar-refractivity contribution in [2.24, 2.45) is 0 Å². The van der Waals surface area contributed by atoms with Crippen LogP contribution in [0.2, 0.25) is 0 Å². The molecule has 0 spiro atoms. The minimum Gasteiger partial charge on any atom is -0.435 e. The van der Waals surface area contributed by atoms with Crippen LogP contribution in [0.5, 0.6) is 0 Å². The van der Waals surface area contributed by atoms with Crippen molar-refractivity contribution in [1.82, 2.24) is 10.3 Å². The van der Waals surface area contributed by atoms with Crippen LogP contribution in [-0.4, -0.2) is 10.9 Å². The van der Waals surface area contributed by atoms with Gasteiger partial charge in [0.25, 0.3) is 5.91 Å². The van der Waals surface area contributed by atoms with E-state index in [-0.39, 0.29) is 11.9 Å². The van der Waals surface area contributed by atoms with E-state index in [1.165, 1.54) is 4.88 Å². The Labute approximate surface area is 123 Å². The van der Waals surface area contributed by atoms with Crippen LogP contribution in [0.3, 0.4) is 0 Å². The second-order valence-electron chi connectivity index (χ2n) is 4.71. The Hall–Kier alpha value is -1.62. The van der Waals surface area contributed by atoms with Gasteiger partial charge >= 0.3 is 0 Å². The highest BCUT2D eigenvalue weighted by atomic mass is 32.1. The number of oxazole rings is 1. The van der Waals surface area contributed by atoms with Gasteiger partial charge < -0.3 is 9.73 Å². The second kappa shape index (κ2) is 6.70. The predicted molar refractivity (Wildman–Crippen MR) is 80.1 cm³/mol. The third-order valence-electron chi connectivity index (χ3n) is 3.12. The maximum absolute atomic E-state index is 12.3. The van der Waals surface area contributed by atoms with Crippen LogP contribution >= 0.6 is 11.3 Å². The summed E-state index contributed by atoms with van der Waals surface area (Å²) in [6.07, 6.45) is 2.62. The molecule has 0 aliphatic carbocycles. The Morgan fingerprint density at radius 2 is 2.30 bits per heavy atom. The van der Waals surface area contributed by atoms with Gasteiger partial charge in [0.15, 0.2) is 5.89 Å². The smallest absolute Gasteiger partial charge is 0.289 e. The van der Waals surface area contributed by atoms with Gasteiger partial charge in [-0.2, -0.15) is 0 Å². The zero-order chi connectivity index (χ0) is 14.5. The van der Waals surface area contributed by atoms with E-state index >= 15 is 0 Å². The first-order valence-electron chi connectivity index (χ1n) is 6.96. The van der Waals surface area contributed by atoms with Crippen molar-refractivity contribution >= 4 is 17.2 Å². The van der Waals surface area contributed by atoms with Crippen LogP contribution in [0.1, 0.15) is 59.7 Å². The van der Waals surface area contributed by atoms with E-state index in [1.54, 1.807) is 18.3 Å². The Balaban J connectivity index is 2.13. The molecule has 0 aromatic carbocycles. The number of hydrogen-bond acceptors (Lipinski definition) is 4. The van der Waals surface area contributed by atoms with Gasteiger partial charge in [0, 0.05) is 11.3 Å². The minimum atomic E-state index is -0.179.